The molecule has 0 aromatic carbocycles. The van der Waals surface area contributed by atoms with Crippen LogP contribution in [-0.4, -0.2) is 32.0 Å². The van der Waals surface area contributed by atoms with Gasteiger partial charge in [-0.3, -0.25) is 0 Å². The van der Waals surface area contributed by atoms with E-state index in [9.17, 15) is 13.2 Å². The maximum atomic E-state index is 11.7. The average molecular weight is 211 g/mol. The highest BCUT2D eigenvalue weighted by molar-refractivity contribution is 4.85. The topological polar surface area (TPSA) is 21.3 Å². The fourth-order valence-electron chi connectivity index (χ4n) is 0.842. The number of hydrogen-bond acceptors (Lipinski definition) is 2. The third-order valence-corrected chi connectivity index (χ3v) is 1.50. The summed E-state index contributed by atoms with van der Waals surface area (Å²) in [7, 11) is 0. The van der Waals surface area contributed by atoms with E-state index in [0.29, 0.717) is 0 Å². The summed E-state index contributed by atoms with van der Waals surface area (Å²) in [5.74, 6) is 0. The first kappa shape index (κ1) is 13.4. The summed E-state index contributed by atoms with van der Waals surface area (Å²) in [6.45, 7) is 5.02. The lowest BCUT2D eigenvalue weighted by Crippen LogP contribution is -2.33. The van der Waals surface area contributed by atoms with Crippen molar-refractivity contribution < 1.29 is 17.9 Å². The summed E-state index contributed by atoms with van der Waals surface area (Å²) in [4.78, 5) is 0. The van der Waals surface area contributed by atoms with Crippen LogP contribution in [0.1, 0.15) is 13.3 Å². The van der Waals surface area contributed by atoms with E-state index in [1.54, 1.807) is 6.08 Å². The predicted octanol–water partition coefficient (Wildman–Crippen LogP) is 2.12. The fraction of sp³-hybridized carbons (Fsp3) is 0.778. The summed E-state index contributed by atoms with van der Waals surface area (Å²) in [5.41, 5.74) is 0. The summed E-state index contributed by atoms with van der Waals surface area (Å²) < 4.78 is 39.6. The van der Waals surface area contributed by atoms with Gasteiger partial charge in [0.2, 0.25) is 0 Å². The maximum Gasteiger partial charge on any atom is 0.411 e. The first-order valence-corrected chi connectivity index (χ1v) is 4.50. The second-order valence-electron chi connectivity index (χ2n) is 2.93. The standard InChI is InChI=1S/C9H16F3NO/c1-3-5-13-8(4-2)6-14-7-9(10,11)12/h4,8,13H,2-3,5-7H2,1H3. The minimum absolute atomic E-state index is 0.00299. The Kier molecular flexibility index (Phi) is 6.57. The molecule has 84 valence electrons. The van der Waals surface area contributed by atoms with Crippen molar-refractivity contribution in [3.63, 3.8) is 0 Å². The van der Waals surface area contributed by atoms with Crippen LogP contribution in [0, 0.1) is 0 Å². The minimum Gasteiger partial charge on any atom is -0.370 e. The van der Waals surface area contributed by atoms with E-state index in [1.165, 1.54) is 0 Å². The molecule has 0 fully saturated rings. The largest absolute Gasteiger partial charge is 0.411 e. The van der Waals surface area contributed by atoms with Crippen molar-refractivity contribution in [1.82, 2.24) is 5.32 Å². The molecule has 0 aromatic heterocycles. The molecule has 0 spiro atoms. The Morgan fingerprint density at radius 2 is 2.14 bits per heavy atom. The Morgan fingerprint density at radius 3 is 2.57 bits per heavy atom. The lowest BCUT2D eigenvalue weighted by atomic mass is 10.3. The summed E-state index contributed by atoms with van der Waals surface area (Å²) in [6.07, 6.45) is -1.79. The molecule has 0 bridgehead atoms. The molecule has 0 aliphatic rings. The van der Waals surface area contributed by atoms with Crippen LogP contribution in [0.15, 0.2) is 12.7 Å². The van der Waals surface area contributed by atoms with Crippen molar-refractivity contribution in [2.75, 3.05) is 19.8 Å². The van der Waals surface area contributed by atoms with Gasteiger partial charge in [0.25, 0.3) is 0 Å². The molecule has 14 heavy (non-hydrogen) atoms. The Morgan fingerprint density at radius 1 is 1.50 bits per heavy atom. The number of ether oxygens (including phenoxy) is 1. The van der Waals surface area contributed by atoms with Crippen LogP contribution >= 0.6 is 0 Å². The van der Waals surface area contributed by atoms with Gasteiger partial charge >= 0.3 is 6.18 Å². The van der Waals surface area contributed by atoms with Gasteiger partial charge in [0.15, 0.2) is 0 Å². The smallest absolute Gasteiger partial charge is 0.370 e. The molecular weight excluding hydrogens is 195 g/mol. The van der Waals surface area contributed by atoms with Gasteiger partial charge in [-0.25, -0.2) is 0 Å². The molecule has 1 N–H and O–H groups in total. The van der Waals surface area contributed by atoms with Crippen molar-refractivity contribution in [3.8, 4) is 0 Å². The Bertz CT molecular complexity index is 159. The van der Waals surface area contributed by atoms with Crippen molar-refractivity contribution >= 4 is 0 Å². The molecule has 0 heterocycles. The summed E-state index contributed by atoms with van der Waals surface area (Å²) >= 11 is 0. The fourth-order valence-corrected chi connectivity index (χ4v) is 0.842. The van der Waals surface area contributed by atoms with Gasteiger partial charge in [-0.15, -0.1) is 6.58 Å². The van der Waals surface area contributed by atoms with E-state index >= 15 is 0 Å². The van der Waals surface area contributed by atoms with Crippen molar-refractivity contribution in [2.45, 2.75) is 25.6 Å². The van der Waals surface area contributed by atoms with Crippen LogP contribution in [0.3, 0.4) is 0 Å². The molecule has 1 unspecified atom stereocenters. The van der Waals surface area contributed by atoms with E-state index in [-0.39, 0.29) is 12.6 Å². The molecule has 0 aromatic rings. The second-order valence-corrected chi connectivity index (χ2v) is 2.93. The molecule has 0 aliphatic heterocycles. The van der Waals surface area contributed by atoms with Crippen LogP contribution in [-0.2, 0) is 4.74 Å². The van der Waals surface area contributed by atoms with Gasteiger partial charge in [0.1, 0.15) is 6.61 Å². The van der Waals surface area contributed by atoms with Crippen LogP contribution in [0.4, 0.5) is 13.2 Å². The molecule has 0 amide bonds. The normalized spacial score (nSPS) is 14.0. The average Bonchev–Trinajstić information content (AvgIpc) is 2.09. The van der Waals surface area contributed by atoms with Gasteiger partial charge in [-0.2, -0.15) is 13.2 Å². The first-order chi connectivity index (χ1) is 6.49. The SMILES string of the molecule is C=CC(COCC(F)(F)F)NCCC. The third kappa shape index (κ3) is 8.07. The highest BCUT2D eigenvalue weighted by Crippen LogP contribution is 2.14. The molecule has 0 radical (unpaired) electrons. The van der Waals surface area contributed by atoms with Gasteiger partial charge < -0.3 is 10.1 Å². The van der Waals surface area contributed by atoms with Crippen molar-refractivity contribution in [3.05, 3.63) is 12.7 Å². The van der Waals surface area contributed by atoms with Gasteiger partial charge in [0.05, 0.1) is 6.61 Å². The van der Waals surface area contributed by atoms with Gasteiger partial charge in [0, 0.05) is 6.04 Å². The Labute approximate surface area is 82.1 Å². The van der Waals surface area contributed by atoms with Crippen molar-refractivity contribution in [2.24, 2.45) is 0 Å². The third-order valence-electron chi connectivity index (χ3n) is 1.50. The maximum absolute atomic E-state index is 11.7. The summed E-state index contributed by atoms with van der Waals surface area (Å²) in [6, 6.07) is -0.211. The quantitative estimate of drug-likeness (QED) is 0.651. The molecule has 0 aliphatic carbocycles. The van der Waals surface area contributed by atoms with E-state index in [1.807, 2.05) is 6.92 Å². The highest BCUT2D eigenvalue weighted by Gasteiger charge is 2.27. The summed E-state index contributed by atoms with van der Waals surface area (Å²) in [5, 5.41) is 2.99. The molecular formula is C9H16F3NO. The van der Waals surface area contributed by atoms with E-state index in [2.05, 4.69) is 16.6 Å². The van der Waals surface area contributed by atoms with Gasteiger partial charge in [-0.1, -0.05) is 13.0 Å². The molecule has 1 atom stereocenters. The van der Waals surface area contributed by atoms with Crippen LogP contribution in [0.5, 0.6) is 0 Å². The number of nitrogens with one attached hydrogen (secondary N) is 1. The lowest BCUT2D eigenvalue weighted by molar-refractivity contribution is -0.174. The number of alkyl halides is 3. The van der Waals surface area contributed by atoms with Gasteiger partial charge in [-0.05, 0) is 13.0 Å². The van der Waals surface area contributed by atoms with Crippen molar-refractivity contribution in [1.29, 1.82) is 0 Å². The molecule has 0 rings (SSSR count). The lowest BCUT2D eigenvalue weighted by Gasteiger charge is -2.15. The van der Waals surface area contributed by atoms with Crippen LogP contribution < -0.4 is 5.32 Å². The van der Waals surface area contributed by atoms with E-state index in [4.69, 9.17) is 0 Å². The van der Waals surface area contributed by atoms with Crippen LogP contribution in [0.2, 0.25) is 0 Å². The molecule has 0 saturated carbocycles. The predicted molar refractivity (Wildman–Crippen MR) is 49.2 cm³/mol. The monoisotopic (exact) mass is 211 g/mol. The Hall–Kier alpha value is -0.550. The zero-order chi connectivity index (χ0) is 11.0. The molecule has 0 saturated heterocycles. The molecule has 2 nitrogen and oxygen atoms in total. The number of rotatable bonds is 7. The zero-order valence-corrected chi connectivity index (χ0v) is 8.23. The zero-order valence-electron chi connectivity index (χ0n) is 8.23. The highest BCUT2D eigenvalue weighted by atomic mass is 19.4. The molecule has 5 heteroatoms. The number of hydrogen-bond donors (Lipinski definition) is 1. The van der Waals surface area contributed by atoms with Crippen LogP contribution in [0.25, 0.3) is 0 Å². The Balaban J connectivity index is 3.57. The van der Waals surface area contributed by atoms with E-state index in [0.717, 1.165) is 13.0 Å². The minimum atomic E-state index is -4.25. The number of halogens is 3. The van der Waals surface area contributed by atoms with E-state index < -0.39 is 12.8 Å². The first-order valence-electron chi connectivity index (χ1n) is 4.50. The second kappa shape index (κ2) is 6.84.